The molecule has 91 valence electrons. The third-order valence-corrected chi connectivity index (χ3v) is 3.36. The summed E-state index contributed by atoms with van der Waals surface area (Å²) in [5.74, 6) is 0.964. The molecule has 0 amide bonds. The summed E-state index contributed by atoms with van der Waals surface area (Å²) < 4.78 is 0. The molecule has 0 aromatic heterocycles. The average molecular weight is 211 g/mol. The van der Waals surface area contributed by atoms with E-state index in [-0.39, 0.29) is 0 Å². The summed E-state index contributed by atoms with van der Waals surface area (Å²) in [6.45, 7) is 6.80. The van der Waals surface area contributed by atoms with Gasteiger partial charge in [-0.15, -0.1) is 0 Å². The van der Waals surface area contributed by atoms with E-state index in [1.165, 1.54) is 64.2 Å². The summed E-state index contributed by atoms with van der Waals surface area (Å²) in [6, 6.07) is 0. The molecular weight excluding hydrogens is 180 g/mol. The van der Waals surface area contributed by atoms with Crippen LogP contribution in [0.4, 0.5) is 0 Å². The zero-order valence-electron chi connectivity index (χ0n) is 11.2. The monoisotopic (exact) mass is 211 g/mol. The fourth-order valence-electron chi connectivity index (χ4n) is 2.21. The molecule has 0 aliphatic carbocycles. The molecule has 0 saturated carbocycles. The summed E-state index contributed by atoms with van der Waals surface area (Å²) in [5.41, 5.74) is 0. The van der Waals surface area contributed by atoms with E-state index in [0.29, 0.717) is 0 Å². The summed E-state index contributed by atoms with van der Waals surface area (Å²) in [7, 11) is 0. The largest absolute Gasteiger partial charge is 0.0654 e. The molecule has 1 radical (unpaired) electrons. The molecule has 0 N–H and O–H groups in total. The predicted molar refractivity (Wildman–Crippen MR) is 71.0 cm³/mol. The lowest BCUT2D eigenvalue weighted by Crippen LogP contribution is -1.98. The van der Waals surface area contributed by atoms with Crippen molar-refractivity contribution in [3.63, 3.8) is 0 Å². The molecule has 0 aromatic carbocycles. The van der Waals surface area contributed by atoms with Gasteiger partial charge in [-0.25, -0.2) is 0 Å². The highest BCUT2D eigenvalue weighted by atomic mass is 14.1. The van der Waals surface area contributed by atoms with Gasteiger partial charge in [-0.3, -0.25) is 0 Å². The highest BCUT2D eigenvalue weighted by Crippen LogP contribution is 2.19. The van der Waals surface area contributed by atoms with Crippen molar-refractivity contribution in [2.24, 2.45) is 5.92 Å². The minimum Gasteiger partial charge on any atom is -0.0654 e. The molecule has 0 heterocycles. The van der Waals surface area contributed by atoms with Gasteiger partial charge in [-0.2, -0.15) is 0 Å². The Kier molecular flexibility index (Phi) is 12.1. The minimum absolute atomic E-state index is 0.964. The molecule has 0 aliphatic heterocycles. The fraction of sp³-hybridized carbons (Fsp3) is 0.933. The quantitative estimate of drug-likeness (QED) is 0.381. The van der Waals surface area contributed by atoms with Gasteiger partial charge in [-0.1, -0.05) is 78.6 Å². The van der Waals surface area contributed by atoms with Crippen molar-refractivity contribution in [3.05, 3.63) is 6.42 Å². The lowest BCUT2D eigenvalue weighted by molar-refractivity contribution is 0.433. The van der Waals surface area contributed by atoms with Crippen molar-refractivity contribution in [3.8, 4) is 0 Å². The van der Waals surface area contributed by atoms with Gasteiger partial charge in [-0.05, 0) is 18.8 Å². The van der Waals surface area contributed by atoms with Crippen LogP contribution in [-0.2, 0) is 0 Å². The van der Waals surface area contributed by atoms with Crippen molar-refractivity contribution in [2.45, 2.75) is 85.0 Å². The smallest absolute Gasteiger partial charge is 0.0414 e. The van der Waals surface area contributed by atoms with Crippen LogP contribution in [0.15, 0.2) is 0 Å². The number of hydrogen-bond donors (Lipinski definition) is 0. The molecule has 15 heavy (non-hydrogen) atoms. The van der Waals surface area contributed by atoms with Gasteiger partial charge < -0.3 is 0 Å². The highest BCUT2D eigenvalue weighted by Gasteiger charge is 2.03. The van der Waals surface area contributed by atoms with Gasteiger partial charge in [0.05, 0.1) is 0 Å². The zero-order chi connectivity index (χ0) is 11.4. The highest BCUT2D eigenvalue weighted by molar-refractivity contribution is 4.65. The number of rotatable bonds is 11. The molecule has 0 fully saturated rings. The molecule has 0 bridgehead atoms. The predicted octanol–water partition coefficient (Wildman–Crippen LogP) is 5.77. The summed E-state index contributed by atoms with van der Waals surface area (Å²) in [5, 5.41) is 0. The van der Waals surface area contributed by atoms with Crippen LogP contribution in [0.1, 0.15) is 85.0 Å². The van der Waals surface area contributed by atoms with Crippen molar-refractivity contribution < 1.29 is 0 Å². The summed E-state index contributed by atoms with van der Waals surface area (Å²) in [6.07, 6.45) is 16.6. The van der Waals surface area contributed by atoms with Gasteiger partial charge in [0.2, 0.25) is 0 Å². The Morgan fingerprint density at radius 3 is 2.00 bits per heavy atom. The SMILES string of the molecule is C[CH]CC(CC)CCCCCCCCC. The molecule has 0 rings (SSSR count). The van der Waals surface area contributed by atoms with Gasteiger partial charge >= 0.3 is 0 Å². The Hall–Kier alpha value is 0. The third-order valence-electron chi connectivity index (χ3n) is 3.36. The molecule has 0 aliphatic rings. The van der Waals surface area contributed by atoms with Crippen molar-refractivity contribution in [2.75, 3.05) is 0 Å². The molecule has 0 aromatic rings. The lowest BCUT2D eigenvalue weighted by Gasteiger charge is -2.12. The lowest BCUT2D eigenvalue weighted by atomic mass is 9.94. The Bertz CT molecular complexity index is 107. The van der Waals surface area contributed by atoms with Crippen LogP contribution in [0, 0.1) is 12.3 Å². The molecule has 0 spiro atoms. The summed E-state index contributed by atoms with van der Waals surface area (Å²) in [4.78, 5) is 0. The van der Waals surface area contributed by atoms with Gasteiger partial charge in [0.15, 0.2) is 0 Å². The van der Waals surface area contributed by atoms with E-state index in [9.17, 15) is 0 Å². The number of unbranched alkanes of at least 4 members (excludes halogenated alkanes) is 6. The number of hydrogen-bond acceptors (Lipinski definition) is 0. The molecule has 0 nitrogen and oxygen atoms in total. The van der Waals surface area contributed by atoms with E-state index in [2.05, 4.69) is 27.2 Å². The van der Waals surface area contributed by atoms with Crippen LogP contribution in [0.5, 0.6) is 0 Å². The maximum atomic E-state index is 2.33. The van der Waals surface area contributed by atoms with E-state index < -0.39 is 0 Å². The molecule has 1 atom stereocenters. The van der Waals surface area contributed by atoms with E-state index >= 15 is 0 Å². The fourth-order valence-corrected chi connectivity index (χ4v) is 2.21. The van der Waals surface area contributed by atoms with Crippen molar-refractivity contribution in [1.29, 1.82) is 0 Å². The Balaban J connectivity index is 3.14. The second kappa shape index (κ2) is 12.1. The topological polar surface area (TPSA) is 0 Å². The van der Waals surface area contributed by atoms with E-state index in [0.717, 1.165) is 5.92 Å². The van der Waals surface area contributed by atoms with E-state index in [1.54, 1.807) is 0 Å². The molecule has 0 heteroatoms. The van der Waals surface area contributed by atoms with Crippen LogP contribution in [-0.4, -0.2) is 0 Å². The molecular formula is C15H31. The Labute approximate surface area is 97.8 Å². The molecule has 0 saturated heterocycles. The van der Waals surface area contributed by atoms with Gasteiger partial charge in [0.1, 0.15) is 0 Å². The first-order valence-corrected chi connectivity index (χ1v) is 7.12. The average Bonchev–Trinajstić information content (AvgIpc) is 2.26. The van der Waals surface area contributed by atoms with Crippen molar-refractivity contribution >= 4 is 0 Å². The maximum Gasteiger partial charge on any atom is -0.0414 e. The second-order valence-electron chi connectivity index (χ2n) is 4.83. The van der Waals surface area contributed by atoms with Crippen LogP contribution in [0.3, 0.4) is 0 Å². The standard InChI is InChI=1S/C15H31/c1-4-7-8-9-10-11-12-14-15(6-3)13-5-2/h5,15H,4,6-14H2,1-3H3. The van der Waals surface area contributed by atoms with Gasteiger partial charge in [0, 0.05) is 0 Å². The maximum absolute atomic E-state index is 2.33. The first kappa shape index (κ1) is 15.0. The third kappa shape index (κ3) is 10.3. The molecule has 1 unspecified atom stereocenters. The zero-order valence-corrected chi connectivity index (χ0v) is 11.2. The second-order valence-corrected chi connectivity index (χ2v) is 4.83. The van der Waals surface area contributed by atoms with E-state index in [1.807, 2.05) is 0 Å². The van der Waals surface area contributed by atoms with Crippen LogP contribution in [0.2, 0.25) is 0 Å². The Morgan fingerprint density at radius 1 is 0.867 bits per heavy atom. The van der Waals surface area contributed by atoms with Crippen LogP contribution < -0.4 is 0 Å². The minimum atomic E-state index is 0.964. The summed E-state index contributed by atoms with van der Waals surface area (Å²) >= 11 is 0. The van der Waals surface area contributed by atoms with Gasteiger partial charge in [0.25, 0.3) is 0 Å². The van der Waals surface area contributed by atoms with E-state index in [4.69, 9.17) is 0 Å². The van der Waals surface area contributed by atoms with Crippen molar-refractivity contribution in [1.82, 2.24) is 0 Å². The van der Waals surface area contributed by atoms with Crippen LogP contribution in [0.25, 0.3) is 0 Å². The van der Waals surface area contributed by atoms with Crippen LogP contribution >= 0.6 is 0 Å². The first-order valence-electron chi connectivity index (χ1n) is 7.12. The normalized spacial score (nSPS) is 13.0. The Morgan fingerprint density at radius 2 is 1.47 bits per heavy atom. The first-order chi connectivity index (χ1) is 7.35.